The Morgan fingerprint density at radius 1 is 0.935 bits per heavy atom. The first-order valence-electron chi connectivity index (χ1n) is 15.7. The molecule has 246 valence electrons. The highest BCUT2D eigenvalue weighted by molar-refractivity contribution is 8.02. The number of likely N-dealkylation sites (N-methyl/N-ethyl adjacent to an activating group) is 1. The van der Waals surface area contributed by atoms with Gasteiger partial charge in [-0.15, -0.1) is 11.8 Å². The van der Waals surface area contributed by atoms with Gasteiger partial charge < -0.3 is 29.9 Å². The van der Waals surface area contributed by atoms with Crippen molar-refractivity contribution >= 4 is 41.3 Å². The number of thioether (sulfide) groups is 1. The van der Waals surface area contributed by atoms with Gasteiger partial charge in [0, 0.05) is 37.9 Å². The van der Waals surface area contributed by atoms with Crippen molar-refractivity contribution in [3.63, 3.8) is 0 Å². The van der Waals surface area contributed by atoms with Crippen LogP contribution in [0.2, 0.25) is 0 Å². The van der Waals surface area contributed by atoms with Crippen LogP contribution in [-0.2, 0) is 4.79 Å². The van der Waals surface area contributed by atoms with E-state index in [1.807, 2.05) is 56.6 Å². The number of nitrogens with two attached hydrogens (primary N) is 1. The maximum atomic E-state index is 12.8. The molecule has 1 aliphatic rings. The second-order valence-electron chi connectivity index (χ2n) is 12.1. The number of aryl methyl sites for hydroxylation is 1. The molecule has 1 unspecified atom stereocenters. The van der Waals surface area contributed by atoms with Crippen LogP contribution < -0.4 is 20.1 Å². The molecule has 0 aliphatic carbocycles. The van der Waals surface area contributed by atoms with Crippen LogP contribution >= 0.6 is 11.8 Å². The number of nitrogens with zero attached hydrogens (tertiary/aromatic N) is 4. The van der Waals surface area contributed by atoms with Crippen LogP contribution in [0.3, 0.4) is 0 Å². The molecule has 4 rings (SSSR count). The highest BCUT2D eigenvalue weighted by Gasteiger charge is 2.23. The van der Waals surface area contributed by atoms with E-state index in [-0.39, 0.29) is 24.6 Å². The van der Waals surface area contributed by atoms with Crippen molar-refractivity contribution in [2.24, 2.45) is 0 Å². The Labute approximate surface area is 277 Å². The van der Waals surface area contributed by atoms with Gasteiger partial charge >= 0.3 is 12.1 Å². The summed E-state index contributed by atoms with van der Waals surface area (Å²) in [5.41, 5.74) is 11.2. The lowest BCUT2D eigenvalue weighted by molar-refractivity contribution is -0.135. The molecule has 2 N–H and O–H groups in total. The van der Waals surface area contributed by atoms with E-state index in [4.69, 9.17) is 15.2 Å². The topological polar surface area (TPSA) is 91.6 Å². The molecule has 1 atom stereocenters. The molecule has 1 heterocycles. The Hall–Kier alpha value is -3.99. The number of hydrogen-bond acceptors (Lipinski definition) is 9. The van der Waals surface area contributed by atoms with E-state index in [2.05, 4.69) is 60.5 Å². The van der Waals surface area contributed by atoms with E-state index in [9.17, 15) is 9.59 Å². The molecule has 1 amide bonds. The Kier molecular flexibility index (Phi) is 12.9. The third kappa shape index (κ3) is 10.5. The van der Waals surface area contributed by atoms with Crippen LogP contribution in [0, 0.1) is 6.92 Å². The molecule has 10 heteroatoms. The monoisotopic (exact) mass is 645 g/mol. The van der Waals surface area contributed by atoms with E-state index in [0.717, 1.165) is 37.2 Å². The largest absolute Gasteiger partial charge is 0.426 e. The molecule has 0 radical (unpaired) electrons. The predicted molar refractivity (Wildman–Crippen MR) is 190 cm³/mol. The zero-order valence-corrected chi connectivity index (χ0v) is 28.5. The van der Waals surface area contributed by atoms with Crippen LogP contribution in [0.4, 0.5) is 16.2 Å². The molecule has 0 aromatic heterocycles. The smallest absolute Gasteiger partial charge is 0.415 e. The summed E-state index contributed by atoms with van der Waals surface area (Å²) in [5.74, 6) is 1.65. The average molecular weight is 646 g/mol. The van der Waals surface area contributed by atoms with Gasteiger partial charge in [-0.05, 0) is 113 Å². The lowest BCUT2D eigenvalue weighted by Crippen LogP contribution is -2.49. The Balaban J connectivity index is 1.18. The van der Waals surface area contributed by atoms with E-state index < -0.39 is 0 Å². The molecule has 1 aliphatic heterocycles. The molecule has 46 heavy (non-hydrogen) atoms. The van der Waals surface area contributed by atoms with E-state index >= 15 is 0 Å². The van der Waals surface area contributed by atoms with Crippen LogP contribution in [0.25, 0.3) is 6.08 Å². The van der Waals surface area contributed by atoms with Gasteiger partial charge in [-0.2, -0.15) is 0 Å². The number of piperazine rings is 1. The standard InChI is InChI=1S/C36H47N5O4S/c1-27-8-13-30(14-9-27)40-19-21-41(22-20-40)36(43)45-34-17-10-28(25-32(34)37)18-24-46-23-6-7-33(39(4)5)29-11-15-31(16-12-29)44-35(42)26-38(2)3/h8-18,24-25,33H,6-7,19-23,26,37H2,1-5H3/b24-18+. The summed E-state index contributed by atoms with van der Waals surface area (Å²) < 4.78 is 11.1. The Bertz CT molecular complexity index is 1450. The van der Waals surface area contributed by atoms with Gasteiger partial charge in [0.25, 0.3) is 0 Å². The summed E-state index contributed by atoms with van der Waals surface area (Å²) >= 11 is 1.75. The number of amides is 1. The minimum Gasteiger partial charge on any atom is -0.426 e. The fourth-order valence-electron chi connectivity index (χ4n) is 5.28. The number of carbonyl (C=O) groups is 2. The van der Waals surface area contributed by atoms with Crippen molar-refractivity contribution in [1.82, 2.24) is 14.7 Å². The molecule has 3 aromatic carbocycles. The maximum Gasteiger partial charge on any atom is 0.415 e. The van der Waals surface area contributed by atoms with Gasteiger partial charge in [-0.3, -0.25) is 9.69 Å². The van der Waals surface area contributed by atoms with Crippen molar-refractivity contribution < 1.29 is 19.1 Å². The SMILES string of the molecule is Cc1ccc(N2CCN(C(=O)Oc3ccc(/C=C/SCCCC(c4ccc(OC(=O)CN(C)C)cc4)N(C)C)cc3N)CC2)cc1. The normalized spacial score (nSPS) is 14.2. The molecule has 9 nitrogen and oxygen atoms in total. The first-order valence-corrected chi connectivity index (χ1v) is 16.7. The van der Waals surface area contributed by atoms with Gasteiger partial charge in [0.2, 0.25) is 0 Å². The quantitative estimate of drug-likeness (QED) is 0.102. The number of anilines is 2. The first-order chi connectivity index (χ1) is 22.1. The van der Waals surface area contributed by atoms with Crippen molar-refractivity contribution in [3.8, 4) is 11.5 Å². The molecule has 3 aromatic rings. The van der Waals surface area contributed by atoms with E-state index in [1.54, 1.807) is 27.6 Å². The van der Waals surface area contributed by atoms with Crippen molar-refractivity contribution in [1.29, 1.82) is 0 Å². The number of nitrogen functional groups attached to an aromatic ring is 1. The van der Waals surface area contributed by atoms with Crippen LogP contribution in [0.1, 0.15) is 35.6 Å². The van der Waals surface area contributed by atoms with E-state index in [1.165, 1.54) is 16.8 Å². The predicted octanol–water partition coefficient (Wildman–Crippen LogP) is 6.15. The number of ether oxygens (including phenoxy) is 2. The number of rotatable bonds is 13. The van der Waals surface area contributed by atoms with E-state index in [0.29, 0.717) is 30.3 Å². The molecule has 1 fully saturated rings. The molecular weight excluding hydrogens is 598 g/mol. The lowest BCUT2D eigenvalue weighted by atomic mass is 10.0. The summed E-state index contributed by atoms with van der Waals surface area (Å²) in [4.78, 5) is 32.8. The fraction of sp³-hybridized carbons (Fsp3) is 0.389. The van der Waals surface area contributed by atoms with Crippen LogP contribution in [0.15, 0.2) is 72.1 Å². The highest BCUT2D eigenvalue weighted by atomic mass is 32.2. The van der Waals surface area contributed by atoms with Gasteiger partial charge in [0.1, 0.15) is 5.75 Å². The number of benzene rings is 3. The molecule has 0 bridgehead atoms. The number of esters is 1. The van der Waals surface area contributed by atoms with Gasteiger partial charge in [0.05, 0.1) is 12.2 Å². The van der Waals surface area contributed by atoms with Crippen molar-refractivity contribution in [2.45, 2.75) is 25.8 Å². The molecular formula is C36H47N5O4S. The zero-order chi connectivity index (χ0) is 33.1. The maximum absolute atomic E-state index is 12.8. The minimum absolute atomic E-state index is 0.246. The summed E-state index contributed by atoms with van der Waals surface area (Å²) in [7, 11) is 7.84. The van der Waals surface area contributed by atoms with Crippen LogP contribution in [0.5, 0.6) is 11.5 Å². The second kappa shape index (κ2) is 17.1. The van der Waals surface area contributed by atoms with Crippen molar-refractivity contribution in [3.05, 3.63) is 88.8 Å². The van der Waals surface area contributed by atoms with Gasteiger partial charge in [0.15, 0.2) is 5.75 Å². The average Bonchev–Trinajstić information content (AvgIpc) is 3.02. The highest BCUT2D eigenvalue weighted by Crippen LogP contribution is 2.28. The van der Waals surface area contributed by atoms with Gasteiger partial charge in [-0.1, -0.05) is 35.9 Å². The summed E-state index contributed by atoms with van der Waals surface area (Å²) in [6, 6.07) is 22.0. The summed E-state index contributed by atoms with van der Waals surface area (Å²) in [5, 5.41) is 2.08. The second-order valence-corrected chi connectivity index (χ2v) is 13.1. The Morgan fingerprint density at radius 2 is 1.63 bits per heavy atom. The summed E-state index contributed by atoms with van der Waals surface area (Å²) in [6.07, 6.45) is 3.69. The zero-order valence-electron chi connectivity index (χ0n) is 27.6. The van der Waals surface area contributed by atoms with Crippen LogP contribution in [-0.4, -0.2) is 93.4 Å². The molecule has 1 saturated heterocycles. The van der Waals surface area contributed by atoms with Gasteiger partial charge in [-0.25, -0.2) is 4.79 Å². The Morgan fingerprint density at radius 3 is 2.26 bits per heavy atom. The number of carbonyl (C=O) groups excluding carboxylic acids is 2. The fourth-order valence-corrected chi connectivity index (χ4v) is 6.01. The lowest BCUT2D eigenvalue weighted by Gasteiger charge is -2.35. The van der Waals surface area contributed by atoms with Crippen molar-refractivity contribution in [2.75, 3.05) is 77.3 Å². The minimum atomic E-state index is -0.371. The third-order valence-electron chi connectivity index (χ3n) is 7.83. The molecule has 0 spiro atoms. The summed E-state index contributed by atoms with van der Waals surface area (Å²) in [6.45, 7) is 5.04. The first kappa shape index (κ1) is 34.9. The molecule has 0 saturated carbocycles. The third-order valence-corrected chi connectivity index (χ3v) is 8.68. The number of hydrogen-bond donors (Lipinski definition) is 1.